The quantitative estimate of drug-likeness (QED) is 0.415. The van der Waals surface area contributed by atoms with Gasteiger partial charge in [-0.15, -0.1) is 0 Å². The highest BCUT2D eigenvalue weighted by atomic mass is 16.2. The minimum Gasteiger partial charge on any atom is -0.352 e. The number of nitrogens with zero attached hydrogens (tertiary/aromatic N) is 1. The molecule has 4 nitrogen and oxygen atoms in total. The summed E-state index contributed by atoms with van der Waals surface area (Å²) in [6, 6.07) is 27.6. The number of rotatable bonds is 11. The SMILES string of the molecule is CCC(C)NC(=O)C(Cc1ccccc1)N(Cc1ccc(C)cc1)C(=O)CCc1ccccc1. The van der Waals surface area contributed by atoms with Gasteiger partial charge in [-0.25, -0.2) is 0 Å². The van der Waals surface area contributed by atoms with Gasteiger partial charge in [0.1, 0.15) is 6.04 Å². The highest BCUT2D eigenvalue weighted by Gasteiger charge is 2.30. The van der Waals surface area contributed by atoms with Crippen molar-refractivity contribution in [3.05, 3.63) is 107 Å². The Balaban J connectivity index is 1.90. The molecule has 1 N–H and O–H groups in total. The van der Waals surface area contributed by atoms with Crippen molar-refractivity contribution in [3.63, 3.8) is 0 Å². The number of carbonyl (C=O) groups excluding carboxylic acids is 2. The lowest BCUT2D eigenvalue weighted by molar-refractivity contribution is -0.141. The van der Waals surface area contributed by atoms with Crippen LogP contribution in [0.15, 0.2) is 84.9 Å². The Hall–Kier alpha value is -3.40. The smallest absolute Gasteiger partial charge is 0.243 e. The van der Waals surface area contributed by atoms with E-state index in [0.29, 0.717) is 25.8 Å². The molecule has 3 aromatic carbocycles. The average Bonchev–Trinajstić information content (AvgIpc) is 2.87. The van der Waals surface area contributed by atoms with Crippen LogP contribution in [-0.4, -0.2) is 28.8 Å². The average molecular weight is 457 g/mol. The number of benzene rings is 3. The molecule has 2 unspecified atom stereocenters. The summed E-state index contributed by atoms with van der Waals surface area (Å²) >= 11 is 0. The molecule has 3 rings (SSSR count). The Morgan fingerprint density at radius 3 is 2.00 bits per heavy atom. The number of nitrogens with one attached hydrogen (secondary N) is 1. The van der Waals surface area contributed by atoms with Crippen molar-refractivity contribution in [2.45, 2.75) is 65.1 Å². The molecule has 3 aromatic rings. The van der Waals surface area contributed by atoms with Gasteiger partial charge in [-0.2, -0.15) is 0 Å². The zero-order chi connectivity index (χ0) is 24.3. The van der Waals surface area contributed by atoms with Gasteiger partial charge in [0.2, 0.25) is 11.8 Å². The molecule has 4 heteroatoms. The Labute approximate surface area is 204 Å². The second-order valence-corrected chi connectivity index (χ2v) is 9.02. The zero-order valence-corrected chi connectivity index (χ0v) is 20.5. The van der Waals surface area contributed by atoms with Crippen LogP contribution in [0.3, 0.4) is 0 Å². The first kappa shape index (κ1) is 25.2. The summed E-state index contributed by atoms with van der Waals surface area (Å²) in [4.78, 5) is 28.9. The van der Waals surface area contributed by atoms with Crippen LogP contribution in [0.5, 0.6) is 0 Å². The van der Waals surface area contributed by atoms with Crippen molar-refractivity contribution in [3.8, 4) is 0 Å². The number of hydrogen-bond donors (Lipinski definition) is 1. The fraction of sp³-hybridized carbons (Fsp3) is 0.333. The van der Waals surface area contributed by atoms with E-state index in [0.717, 1.165) is 23.1 Å². The fourth-order valence-corrected chi connectivity index (χ4v) is 3.92. The molecule has 0 saturated carbocycles. The van der Waals surface area contributed by atoms with Gasteiger partial charge < -0.3 is 10.2 Å². The van der Waals surface area contributed by atoms with Gasteiger partial charge >= 0.3 is 0 Å². The number of hydrogen-bond acceptors (Lipinski definition) is 2. The van der Waals surface area contributed by atoms with Gasteiger partial charge in [-0.1, -0.05) is 97.4 Å². The van der Waals surface area contributed by atoms with Crippen molar-refractivity contribution < 1.29 is 9.59 Å². The molecule has 34 heavy (non-hydrogen) atoms. The van der Waals surface area contributed by atoms with Gasteiger partial charge in [0.25, 0.3) is 0 Å². The van der Waals surface area contributed by atoms with E-state index >= 15 is 0 Å². The summed E-state index contributed by atoms with van der Waals surface area (Å²) in [5.41, 5.74) is 4.35. The molecule has 178 valence electrons. The Morgan fingerprint density at radius 2 is 1.41 bits per heavy atom. The van der Waals surface area contributed by atoms with Crippen LogP contribution in [0.1, 0.15) is 48.9 Å². The van der Waals surface area contributed by atoms with Gasteiger partial charge in [-0.3, -0.25) is 9.59 Å². The minimum atomic E-state index is -0.582. The zero-order valence-electron chi connectivity index (χ0n) is 20.5. The molecule has 0 aliphatic rings. The first-order valence-corrected chi connectivity index (χ1v) is 12.2. The Morgan fingerprint density at radius 1 is 0.824 bits per heavy atom. The summed E-state index contributed by atoms with van der Waals surface area (Å²) < 4.78 is 0. The predicted octanol–water partition coefficient (Wildman–Crippen LogP) is 5.48. The molecule has 0 saturated heterocycles. The van der Waals surface area contributed by atoms with E-state index in [2.05, 4.69) is 5.32 Å². The lowest BCUT2D eigenvalue weighted by Gasteiger charge is -2.32. The van der Waals surface area contributed by atoms with Crippen molar-refractivity contribution in [1.29, 1.82) is 0 Å². The van der Waals surface area contributed by atoms with E-state index in [9.17, 15) is 9.59 Å². The molecule has 0 fully saturated rings. The molecular weight excluding hydrogens is 420 g/mol. The number of carbonyl (C=O) groups is 2. The molecule has 2 atom stereocenters. The molecular formula is C30H36N2O2. The van der Waals surface area contributed by atoms with Crippen molar-refractivity contribution >= 4 is 11.8 Å². The highest BCUT2D eigenvalue weighted by molar-refractivity contribution is 5.88. The summed E-state index contributed by atoms with van der Waals surface area (Å²) in [6.07, 6.45) is 2.32. The summed E-state index contributed by atoms with van der Waals surface area (Å²) in [5, 5.41) is 3.12. The molecule has 0 radical (unpaired) electrons. The van der Waals surface area contributed by atoms with Crippen LogP contribution in [0, 0.1) is 6.92 Å². The van der Waals surface area contributed by atoms with Gasteiger partial charge in [0, 0.05) is 25.4 Å². The molecule has 2 amide bonds. The molecule has 0 bridgehead atoms. The lowest BCUT2D eigenvalue weighted by atomic mass is 10.0. The lowest BCUT2D eigenvalue weighted by Crippen LogP contribution is -2.52. The van der Waals surface area contributed by atoms with Gasteiger partial charge in [0.05, 0.1) is 0 Å². The van der Waals surface area contributed by atoms with E-state index in [4.69, 9.17) is 0 Å². The monoisotopic (exact) mass is 456 g/mol. The van der Waals surface area contributed by atoms with Gasteiger partial charge in [-0.05, 0) is 43.4 Å². The standard InChI is InChI=1S/C30H36N2O2/c1-4-24(3)31-30(34)28(21-26-13-9-6-10-14-26)32(22-27-17-15-23(2)16-18-27)29(33)20-19-25-11-7-5-8-12-25/h5-18,24,28H,4,19-22H2,1-3H3,(H,31,34). The van der Waals surface area contributed by atoms with E-state index in [1.54, 1.807) is 4.90 Å². The third kappa shape index (κ3) is 7.58. The number of aryl methyl sites for hydroxylation is 2. The first-order valence-electron chi connectivity index (χ1n) is 12.2. The van der Waals surface area contributed by atoms with Crippen LogP contribution in [0.2, 0.25) is 0 Å². The summed E-state index contributed by atoms with van der Waals surface area (Å²) in [6.45, 7) is 6.49. The summed E-state index contributed by atoms with van der Waals surface area (Å²) in [5.74, 6) is -0.108. The largest absolute Gasteiger partial charge is 0.352 e. The molecule has 0 aliphatic carbocycles. The fourth-order valence-electron chi connectivity index (χ4n) is 3.92. The van der Waals surface area contributed by atoms with Crippen molar-refractivity contribution in [2.24, 2.45) is 0 Å². The van der Waals surface area contributed by atoms with Crippen LogP contribution in [0.25, 0.3) is 0 Å². The highest BCUT2D eigenvalue weighted by Crippen LogP contribution is 2.18. The van der Waals surface area contributed by atoms with Crippen LogP contribution in [0.4, 0.5) is 0 Å². The molecule has 0 aromatic heterocycles. The maximum absolute atomic E-state index is 13.6. The normalized spacial score (nSPS) is 12.6. The second-order valence-electron chi connectivity index (χ2n) is 9.02. The van der Waals surface area contributed by atoms with Crippen molar-refractivity contribution in [2.75, 3.05) is 0 Å². The maximum Gasteiger partial charge on any atom is 0.243 e. The molecule has 0 heterocycles. The van der Waals surface area contributed by atoms with E-state index < -0.39 is 6.04 Å². The Kier molecular flexibility index (Phi) is 9.45. The van der Waals surface area contributed by atoms with E-state index in [1.165, 1.54) is 5.56 Å². The van der Waals surface area contributed by atoms with Crippen LogP contribution in [-0.2, 0) is 29.0 Å². The van der Waals surface area contributed by atoms with E-state index in [1.807, 2.05) is 106 Å². The predicted molar refractivity (Wildman–Crippen MR) is 138 cm³/mol. The second kappa shape index (κ2) is 12.7. The first-order chi connectivity index (χ1) is 16.5. The van der Waals surface area contributed by atoms with Crippen molar-refractivity contribution in [1.82, 2.24) is 10.2 Å². The number of amides is 2. The van der Waals surface area contributed by atoms with Crippen LogP contribution >= 0.6 is 0 Å². The third-order valence-electron chi connectivity index (χ3n) is 6.22. The van der Waals surface area contributed by atoms with Crippen LogP contribution < -0.4 is 5.32 Å². The Bertz CT molecular complexity index is 1030. The molecule has 0 spiro atoms. The van der Waals surface area contributed by atoms with Gasteiger partial charge in [0.15, 0.2) is 0 Å². The van der Waals surface area contributed by atoms with E-state index in [-0.39, 0.29) is 17.9 Å². The minimum absolute atomic E-state index is 0.00957. The third-order valence-corrected chi connectivity index (χ3v) is 6.22. The molecule has 0 aliphatic heterocycles. The maximum atomic E-state index is 13.6. The summed E-state index contributed by atoms with van der Waals surface area (Å²) in [7, 11) is 0. The topological polar surface area (TPSA) is 49.4 Å².